The third-order valence-electron chi connectivity index (χ3n) is 0.702. The Bertz CT molecular complexity index is 96.6. The molecule has 0 heterocycles. The van der Waals surface area contributed by atoms with Crippen LogP contribution in [0.4, 0.5) is 0 Å². The summed E-state index contributed by atoms with van der Waals surface area (Å²) in [6.45, 7) is 8.66. The van der Waals surface area contributed by atoms with Gasteiger partial charge in [0.2, 0.25) is 0 Å². The average Bonchev–Trinajstić information content (AvgIpc) is 1.79. The van der Waals surface area contributed by atoms with Crippen molar-refractivity contribution in [3.63, 3.8) is 0 Å². The van der Waals surface area contributed by atoms with E-state index in [2.05, 4.69) is 0 Å². The summed E-state index contributed by atoms with van der Waals surface area (Å²) in [5, 5.41) is 0. The highest BCUT2D eigenvalue weighted by Gasteiger charge is 2.04. The van der Waals surface area contributed by atoms with Gasteiger partial charge in [-0.1, -0.05) is 6.08 Å². The number of allylic oxidation sites excluding steroid dienone is 3. The van der Waals surface area contributed by atoms with Gasteiger partial charge >= 0.3 is 0 Å². The third kappa shape index (κ3) is 0.254. The molecule has 0 bridgehead atoms. The predicted octanol–water partition coefficient (Wildman–Crippen LogP) is 1.18. The Hall–Kier alpha value is -0.520. The molecule has 0 aliphatic heterocycles. The van der Waals surface area contributed by atoms with Crippen LogP contribution in [0.25, 0.3) is 0 Å². The zero-order valence-corrected chi connectivity index (χ0v) is 3.08. The Balaban J connectivity index is 2.69. The van der Waals surface area contributed by atoms with Gasteiger partial charge in [0.15, 0.2) is 0 Å². The molecule has 0 aromatic carbocycles. The van der Waals surface area contributed by atoms with Crippen LogP contribution in [0.1, 0.15) is 6.92 Å². The minimum absolute atomic E-state index is 0.713. The second kappa shape index (κ2) is 0.510. The van der Waals surface area contributed by atoms with Crippen LogP contribution in [0, 0.1) is 6.58 Å². The Morgan fingerprint density at radius 2 is 2.00 bits per heavy atom. The molecule has 2 radical (unpaired) electrons. The van der Waals surface area contributed by atoms with Crippen molar-refractivity contribution in [2.45, 2.75) is 6.92 Å². The summed E-state index contributed by atoms with van der Waals surface area (Å²) >= 11 is 0. The molecular weight excluding hydrogens is 60.1 g/mol. The Labute approximate surface area is 31.8 Å². The molecule has 0 fully saturated rings. The predicted molar refractivity (Wildman–Crippen MR) is 20.5 cm³/mol. The van der Waals surface area contributed by atoms with E-state index in [1.54, 1.807) is 0 Å². The van der Waals surface area contributed by atoms with E-state index in [4.69, 9.17) is 6.58 Å². The summed E-state index contributed by atoms with van der Waals surface area (Å²) in [4.78, 5) is 0. The second-order valence-corrected chi connectivity index (χ2v) is 1.24. The summed E-state index contributed by atoms with van der Waals surface area (Å²) in [7, 11) is 0. The fourth-order valence-corrected chi connectivity index (χ4v) is 0.180. The topological polar surface area (TPSA) is 0 Å². The van der Waals surface area contributed by atoms with Gasteiger partial charge < -0.3 is 0 Å². The molecule has 1 aliphatic carbocycles. The maximum absolute atomic E-state index is 6.72. The van der Waals surface area contributed by atoms with E-state index < -0.39 is 0 Å². The van der Waals surface area contributed by atoms with Crippen LogP contribution in [0.2, 0.25) is 0 Å². The summed E-state index contributed by atoms with van der Waals surface area (Å²) in [5.41, 5.74) is 1.84. The quantitative estimate of drug-likeness (QED) is 0.397. The van der Waals surface area contributed by atoms with E-state index in [9.17, 15) is 0 Å². The van der Waals surface area contributed by atoms with Crippen molar-refractivity contribution in [2.24, 2.45) is 0 Å². The van der Waals surface area contributed by atoms with Gasteiger partial charge in [0.05, 0.1) is 0 Å². The van der Waals surface area contributed by atoms with Gasteiger partial charge in [0, 0.05) is 0 Å². The Kier molecular flexibility index (Phi) is 0.276. The minimum Gasteiger partial charge on any atom is -0.0505 e. The fraction of sp³-hybridized carbons (Fsp3) is 0.200. The van der Waals surface area contributed by atoms with Gasteiger partial charge in [-0.05, 0) is 24.6 Å². The van der Waals surface area contributed by atoms with Gasteiger partial charge in [0.1, 0.15) is 0 Å². The molecule has 0 nitrogen and oxygen atoms in total. The van der Waals surface area contributed by atoms with E-state index in [1.165, 1.54) is 0 Å². The van der Waals surface area contributed by atoms with E-state index >= 15 is 0 Å². The molecule has 0 spiro atoms. The highest BCUT2D eigenvalue weighted by Crippen LogP contribution is 2.22. The van der Waals surface area contributed by atoms with Crippen molar-refractivity contribution < 1.29 is 0 Å². The monoisotopic (exact) mass is 64.0 g/mol. The molecule has 1 rings (SSSR count). The normalized spacial score (nSPS) is 18.6. The first kappa shape index (κ1) is 2.70. The Morgan fingerprint density at radius 3 is 2.00 bits per heavy atom. The van der Waals surface area contributed by atoms with Gasteiger partial charge in [-0.15, -0.1) is 0 Å². The number of rotatable bonds is 0. The minimum atomic E-state index is 0.713. The molecule has 0 atom stereocenters. The van der Waals surface area contributed by atoms with Crippen LogP contribution in [0.5, 0.6) is 0 Å². The van der Waals surface area contributed by atoms with Gasteiger partial charge in [-0.2, -0.15) is 0 Å². The lowest BCUT2D eigenvalue weighted by Crippen LogP contribution is -1.37. The standard InChI is InChI=1S/C5H4/c1-4-3-5(4)2/h3H,1H3. The maximum Gasteiger partial charge on any atom is -0.00109 e. The molecule has 0 aromatic heterocycles. The van der Waals surface area contributed by atoms with Crippen LogP contribution in [-0.4, -0.2) is 0 Å². The van der Waals surface area contributed by atoms with Gasteiger partial charge in [-0.3, -0.25) is 0 Å². The van der Waals surface area contributed by atoms with Crippen LogP contribution in [0.3, 0.4) is 0 Å². The van der Waals surface area contributed by atoms with E-state index in [0.29, 0.717) is 5.57 Å². The van der Waals surface area contributed by atoms with Crippen molar-refractivity contribution in [3.05, 3.63) is 23.8 Å². The maximum atomic E-state index is 6.72. The molecule has 0 amide bonds. The SMILES string of the molecule is [C]=C1C=C1C. The van der Waals surface area contributed by atoms with Gasteiger partial charge in [0.25, 0.3) is 0 Å². The zero-order chi connectivity index (χ0) is 3.86. The van der Waals surface area contributed by atoms with Crippen LogP contribution in [0.15, 0.2) is 17.2 Å². The summed E-state index contributed by atoms with van der Waals surface area (Å²) in [6, 6.07) is 0. The first-order valence-corrected chi connectivity index (χ1v) is 1.58. The molecule has 0 aromatic rings. The summed E-state index contributed by atoms with van der Waals surface area (Å²) in [6.07, 6.45) is 1.83. The molecule has 1 aliphatic rings. The van der Waals surface area contributed by atoms with E-state index in [-0.39, 0.29) is 0 Å². The first-order chi connectivity index (χ1) is 2.30. The smallest absolute Gasteiger partial charge is 0.00109 e. The summed E-state index contributed by atoms with van der Waals surface area (Å²) < 4.78 is 0. The van der Waals surface area contributed by atoms with Crippen LogP contribution in [-0.2, 0) is 0 Å². The lowest BCUT2D eigenvalue weighted by Gasteiger charge is -1.55. The lowest BCUT2D eigenvalue weighted by molar-refractivity contribution is 1.67. The van der Waals surface area contributed by atoms with Crippen LogP contribution >= 0.6 is 0 Å². The molecule has 0 saturated heterocycles. The Morgan fingerprint density at radius 1 is 1.80 bits per heavy atom. The molecule has 0 heteroatoms. The summed E-state index contributed by atoms with van der Waals surface area (Å²) in [5.74, 6) is 0. The third-order valence-corrected chi connectivity index (χ3v) is 0.702. The van der Waals surface area contributed by atoms with Crippen molar-refractivity contribution in [1.29, 1.82) is 0 Å². The van der Waals surface area contributed by atoms with Crippen molar-refractivity contribution in [1.82, 2.24) is 0 Å². The largest absolute Gasteiger partial charge is 0.0505 e. The van der Waals surface area contributed by atoms with Crippen molar-refractivity contribution in [2.75, 3.05) is 0 Å². The second-order valence-electron chi connectivity index (χ2n) is 1.24. The highest BCUT2D eigenvalue weighted by atomic mass is 14.1. The fourth-order valence-electron chi connectivity index (χ4n) is 0.180. The molecule has 0 saturated carbocycles. The van der Waals surface area contributed by atoms with Crippen molar-refractivity contribution in [3.8, 4) is 0 Å². The molecule has 5 heavy (non-hydrogen) atoms. The van der Waals surface area contributed by atoms with Crippen molar-refractivity contribution >= 4 is 0 Å². The molecular formula is C5H4. The highest BCUT2D eigenvalue weighted by molar-refractivity contribution is 5.52. The molecule has 0 N–H and O–H groups in total. The number of hydrogen-bond donors (Lipinski definition) is 0. The van der Waals surface area contributed by atoms with E-state index in [0.717, 1.165) is 5.57 Å². The van der Waals surface area contributed by atoms with Gasteiger partial charge in [-0.25, -0.2) is 0 Å². The number of hydrogen-bond acceptors (Lipinski definition) is 0. The van der Waals surface area contributed by atoms with E-state index in [1.807, 2.05) is 13.0 Å². The average molecular weight is 64.1 g/mol. The molecule has 0 unspecified atom stereocenters. The lowest BCUT2D eigenvalue weighted by atomic mass is 10.5. The molecule has 24 valence electrons. The first-order valence-electron chi connectivity index (χ1n) is 1.58. The zero-order valence-electron chi connectivity index (χ0n) is 3.08. The van der Waals surface area contributed by atoms with Crippen LogP contribution < -0.4 is 0 Å².